The summed E-state index contributed by atoms with van der Waals surface area (Å²) in [6.45, 7) is 0.434. The van der Waals surface area contributed by atoms with Gasteiger partial charge in [-0.15, -0.1) is 0 Å². The lowest BCUT2D eigenvalue weighted by Gasteiger charge is -2.17. The van der Waals surface area contributed by atoms with Gasteiger partial charge in [0.1, 0.15) is 0 Å². The highest BCUT2D eigenvalue weighted by Gasteiger charge is 2.35. The van der Waals surface area contributed by atoms with Crippen LogP contribution in [0, 0.1) is 0 Å². The summed E-state index contributed by atoms with van der Waals surface area (Å²) in [5.41, 5.74) is 9.27. The van der Waals surface area contributed by atoms with Crippen molar-refractivity contribution in [2.75, 3.05) is 12.8 Å². The Morgan fingerprint density at radius 1 is 0.952 bits per heavy atom. The fourth-order valence-corrected chi connectivity index (χ4v) is 3.80. The summed E-state index contributed by atoms with van der Waals surface area (Å²) in [5.74, 6) is 0. The zero-order valence-electron chi connectivity index (χ0n) is 11.8. The van der Waals surface area contributed by atoms with Crippen molar-refractivity contribution in [2.24, 2.45) is 0 Å². The second kappa shape index (κ2) is 5.60. The Bertz CT molecular complexity index is 712. The van der Waals surface area contributed by atoms with Crippen LogP contribution in [0.5, 0.6) is 0 Å². The van der Waals surface area contributed by atoms with Gasteiger partial charge in [0.2, 0.25) is 0 Å². The maximum absolute atomic E-state index is 11.8. The van der Waals surface area contributed by atoms with Crippen molar-refractivity contribution >= 4 is 9.84 Å². The van der Waals surface area contributed by atoms with E-state index in [4.69, 9.17) is 0 Å². The third-order valence-electron chi connectivity index (χ3n) is 3.86. The van der Waals surface area contributed by atoms with Crippen molar-refractivity contribution in [3.05, 3.63) is 60.2 Å². The normalized spacial score (nSPS) is 22.3. The lowest BCUT2D eigenvalue weighted by Crippen LogP contribution is -2.29. The quantitative estimate of drug-likeness (QED) is 0.909. The summed E-state index contributed by atoms with van der Waals surface area (Å²) in [6.07, 6.45) is 1.29. The van der Waals surface area contributed by atoms with E-state index in [1.165, 1.54) is 6.26 Å². The highest BCUT2D eigenvalue weighted by molar-refractivity contribution is 7.91. The van der Waals surface area contributed by atoms with Crippen molar-refractivity contribution in [1.29, 1.82) is 0 Å². The van der Waals surface area contributed by atoms with Crippen molar-refractivity contribution in [3.8, 4) is 11.1 Å². The molecule has 0 aliphatic carbocycles. The van der Waals surface area contributed by atoms with E-state index in [9.17, 15) is 8.42 Å². The molecule has 5 heteroatoms. The summed E-state index contributed by atoms with van der Waals surface area (Å²) in [7, 11) is -3.09. The molecule has 0 radical (unpaired) electrons. The highest BCUT2D eigenvalue weighted by atomic mass is 32.2. The van der Waals surface area contributed by atoms with Crippen LogP contribution in [-0.4, -0.2) is 26.5 Å². The molecule has 1 fully saturated rings. The summed E-state index contributed by atoms with van der Waals surface area (Å²) in [5, 5.41) is -0.430. The Morgan fingerprint density at radius 2 is 1.57 bits per heavy atom. The molecule has 0 bridgehead atoms. The molecule has 110 valence electrons. The molecule has 0 aromatic heterocycles. The molecule has 4 nitrogen and oxygen atoms in total. The van der Waals surface area contributed by atoms with Crippen LogP contribution in [0.3, 0.4) is 0 Å². The molecule has 0 amide bonds. The predicted octanol–water partition coefficient (Wildman–Crippen LogP) is 1.92. The lowest BCUT2D eigenvalue weighted by atomic mass is 10.00. The average molecular weight is 302 g/mol. The van der Waals surface area contributed by atoms with Crippen molar-refractivity contribution < 1.29 is 8.42 Å². The Hall–Kier alpha value is -1.69. The highest BCUT2D eigenvalue weighted by Crippen LogP contribution is 2.27. The summed E-state index contributed by atoms with van der Waals surface area (Å²) < 4.78 is 23.7. The fourth-order valence-electron chi connectivity index (χ4n) is 2.69. The molecule has 3 rings (SSSR count). The topological polar surface area (TPSA) is 58.2 Å². The summed E-state index contributed by atoms with van der Waals surface area (Å²) in [6, 6.07) is 18.0. The molecule has 0 spiro atoms. The van der Waals surface area contributed by atoms with Gasteiger partial charge in [-0.25, -0.2) is 13.8 Å². The Kier molecular flexibility index (Phi) is 3.80. The lowest BCUT2D eigenvalue weighted by molar-refractivity contribution is 0.557. The van der Waals surface area contributed by atoms with Gasteiger partial charge in [0.15, 0.2) is 9.84 Å². The van der Waals surface area contributed by atoms with E-state index in [-0.39, 0.29) is 6.04 Å². The van der Waals surface area contributed by atoms with Crippen LogP contribution in [0.15, 0.2) is 54.6 Å². The van der Waals surface area contributed by atoms with Gasteiger partial charge in [-0.2, -0.15) is 0 Å². The van der Waals surface area contributed by atoms with Crippen LogP contribution in [0.4, 0.5) is 0 Å². The number of hydrogen-bond donors (Lipinski definition) is 2. The largest absolute Gasteiger partial charge is 0.256 e. The third-order valence-corrected chi connectivity index (χ3v) is 5.40. The monoisotopic (exact) mass is 302 g/mol. The third kappa shape index (κ3) is 3.00. The molecule has 2 aromatic rings. The van der Waals surface area contributed by atoms with E-state index in [1.807, 2.05) is 42.5 Å². The van der Waals surface area contributed by atoms with Gasteiger partial charge in [-0.05, 0) is 16.7 Å². The van der Waals surface area contributed by atoms with E-state index in [0.717, 1.165) is 16.7 Å². The molecule has 1 heterocycles. The van der Waals surface area contributed by atoms with Gasteiger partial charge >= 0.3 is 0 Å². The number of benzene rings is 2. The van der Waals surface area contributed by atoms with Gasteiger partial charge in [-0.1, -0.05) is 54.6 Å². The maximum Gasteiger partial charge on any atom is 0.153 e. The van der Waals surface area contributed by atoms with Crippen LogP contribution in [-0.2, 0) is 9.84 Å². The molecular weight excluding hydrogens is 284 g/mol. The van der Waals surface area contributed by atoms with Gasteiger partial charge in [0.25, 0.3) is 0 Å². The van der Waals surface area contributed by atoms with E-state index >= 15 is 0 Å². The first-order valence-electron chi connectivity index (χ1n) is 6.88. The maximum atomic E-state index is 11.8. The first-order valence-corrected chi connectivity index (χ1v) is 8.84. The fraction of sp³-hybridized carbons (Fsp3) is 0.250. The summed E-state index contributed by atoms with van der Waals surface area (Å²) >= 11 is 0. The van der Waals surface area contributed by atoms with Crippen molar-refractivity contribution in [3.63, 3.8) is 0 Å². The zero-order valence-corrected chi connectivity index (χ0v) is 12.6. The molecule has 1 aliphatic heterocycles. The van der Waals surface area contributed by atoms with Gasteiger partial charge in [0, 0.05) is 12.8 Å². The first kappa shape index (κ1) is 14.3. The van der Waals surface area contributed by atoms with E-state index < -0.39 is 15.1 Å². The summed E-state index contributed by atoms with van der Waals surface area (Å²) in [4.78, 5) is 0. The SMILES string of the molecule is CS(=O)(=O)C1CNNC1c1ccc(-c2ccccc2)cc1. The standard InChI is InChI=1S/C16H18N2O2S/c1-21(19,20)15-11-17-18-16(15)14-9-7-13(8-10-14)12-5-3-2-4-6-12/h2-10,15-18H,11H2,1H3. The van der Waals surface area contributed by atoms with E-state index in [0.29, 0.717) is 6.54 Å². The first-order chi connectivity index (χ1) is 10.1. The van der Waals surface area contributed by atoms with E-state index in [1.54, 1.807) is 0 Å². The Balaban J connectivity index is 1.88. The Morgan fingerprint density at radius 3 is 2.19 bits per heavy atom. The minimum absolute atomic E-state index is 0.204. The molecule has 2 atom stereocenters. The predicted molar refractivity (Wildman–Crippen MR) is 84.4 cm³/mol. The van der Waals surface area contributed by atoms with Gasteiger partial charge in [-0.3, -0.25) is 5.43 Å². The zero-order chi connectivity index (χ0) is 14.9. The van der Waals surface area contributed by atoms with Crippen molar-refractivity contribution in [1.82, 2.24) is 10.9 Å². The van der Waals surface area contributed by atoms with Crippen LogP contribution >= 0.6 is 0 Å². The Labute approximate surface area is 125 Å². The minimum atomic E-state index is -3.09. The molecule has 2 aromatic carbocycles. The van der Waals surface area contributed by atoms with Crippen LogP contribution < -0.4 is 10.9 Å². The van der Waals surface area contributed by atoms with Crippen LogP contribution in [0.2, 0.25) is 0 Å². The molecule has 0 saturated carbocycles. The number of rotatable bonds is 3. The second-order valence-corrected chi connectivity index (χ2v) is 7.62. The molecule has 21 heavy (non-hydrogen) atoms. The van der Waals surface area contributed by atoms with Gasteiger partial charge < -0.3 is 0 Å². The number of sulfone groups is 1. The molecule has 2 N–H and O–H groups in total. The molecule has 1 aliphatic rings. The number of hydrazine groups is 1. The number of hydrogen-bond acceptors (Lipinski definition) is 4. The van der Waals surface area contributed by atoms with Crippen molar-refractivity contribution in [2.45, 2.75) is 11.3 Å². The van der Waals surface area contributed by atoms with Crippen LogP contribution in [0.1, 0.15) is 11.6 Å². The van der Waals surface area contributed by atoms with Crippen LogP contribution in [0.25, 0.3) is 11.1 Å². The van der Waals surface area contributed by atoms with Gasteiger partial charge in [0.05, 0.1) is 11.3 Å². The second-order valence-electron chi connectivity index (χ2n) is 5.36. The molecular formula is C16H18N2O2S. The minimum Gasteiger partial charge on any atom is -0.256 e. The average Bonchev–Trinajstić information content (AvgIpc) is 2.98. The molecule has 2 unspecified atom stereocenters. The number of nitrogens with one attached hydrogen (secondary N) is 2. The molecule has 1 saturated heterocycles. The smallest absolute Gasteiger partial charge is 0.153 e. The van der Waals surface area contributed by atoms with E-state index in [2.05, 4.69) is 23.0 Å².